The van der Waals surface area contributed by atoms with Gasteiger partial charge < -0.3 is 25.2 Å². The summed E-state index contributed by atoms with van der Waals surface area (Å²) < 4.78 is 20.4. The number of aryl methyl sites for hydroxylation is 2. The number of halogens is 1. The van der Waals surface area contributed by atoms with Crippen LogP contribution in [-0.4, -0.2) is 49.5 Å². The molecule has 0 aromatic heterocycles. The Hall–Kier alpha value is -2.51. The van der Waals surface area contributed by atoms with Crippen molar-refractivity contribution >= 4 is 24.7 Å². The topological polar surface area (TPSA) is 65.0 Å². The summed E-state index contributed by atoms with van der Waals surface area (Å²) >= 11 is 0. The molecule has 2 atom stereocenters. The Morgan fingerprint density at radius 2 is 2.13 bits per heavy atom. The van der Waals surface area contributed by atoms with Gasteiger partial charge >= 0.3 is 0 Å². The second-order valence-corrected chi connectivity index (χ2v) is 8.43. The van der Waals surface area contributed by atoms with E-state index in [1.165, 1.54) is 6.07 Å². The van der Waals surface area contributed by atoms with Gasteiger partial charge in [0.15, 0.2) is 0 Å². The van der Waals surface area contributed by atoms with Gasteiger partial charge in [0.1, 0.15) is 37.7 Å². The van der Waals surface area contributed by atoms with E-state index in [1.807, 2.05) is 19.1 Å². The standard InChI is InChI=1S/C23H26BFN2O3/c1-13-8-17(24)22(18(25)9-13)27-7-6-23(29,20(28)11-27)12-30-19-5-4-14(2)21-16(19)10-15(3)26-21/h4-5,8-9,20,26,28-29H,3,6-7,10-12H2,1-2H3/t20-,23-/m1/s1. The van der Waals surface area contributed by atoms with Crippen LogP contribution in [0.2, 0.25) is 0 Å². The van der Waals surface area contributed by atoms with Crippen molar-refractivity contribution < 1.29 is 19.3 Å². The Morgan fingerprint density at radius 1 is 1.37 bits per heavy atom. The van der Waals surface area contributed by atoms with Crippen LogP contribution >= 0.6 is 0 Å². The minimum Gasteiger partial charge on any atom is -0.490 e. The summed E-state index contributed by atoms with van der Waals surface area (Å²) in [5.41, 5.74) is 3.88. The van der Waals surface area contributed by atoms with Gasteiger partial charge in [-0.25, -0.2) is 4.39 Å². The molecule has 1 fully saturated rings. The lowest BCUT2D eigenvalue weighted by Gasteiger charge is -2.43. The van der Waals surface area contributed by atoms with E-state index in [4.69, 9.17) is 12.6 Å². The number of ether oxygens (including phenoxy) is 1. The number of benzene rings is 2. The van der Waals surface area contributed by atoms with Crippen LogP contribution in [0.15, 0.2) is 36.5 Å². The van der Waals surface area contributed by atoms with Gasteiger partial charge in [-0.05, 0) is 43.5 Å². The molecule has 0 spiro atoms. The first kappa shape index (κ1) is 20.8. The summed E-state index contributed by atoms with van der Waals surface area (Å²) in [4.78, 5) is 1.68. The minimum atomic E-state index is -1.44. The van der Waals surface area contributed by atoms with Gasteiger partial charge in [-0.3, -0.25) is 0 Å². The van der Waals surface area contributed by atoms with Crippen LogP contribution in [-0.2, 0) is 6.42 Å². The highest BCUT2D eigenvalue weighted by molar-refractivity contribution is 6.36. The van der Waals surface area contributed by atoms with Gasteiger partial charge in [0, 0.05) is 36.5 Å². The van der Waals surface area contributed by atoms with Crippen LogP contribution in [0.1, 0.15) is 23.1 Å². The average Bonchev–Trinajstić information content (AvgIpc) is 3.06. The summed E-state index contributed by atoms with van der Waals surface area (Å²) in [6.07, 6.45) is -0.231. The molecule has 0 amide bonds. The third kappa shape index (κ3) is 3.68. The summed E-state index contributed by atoms with van der Waals surface area (Å²) in [5, 5.41) is 25.0. The fourth-order valence-corrected chi connectivity index (χ4v) is 4.30. The number of aliphatic hydroxyl groups is 2. The Morgan fingerprint density at radius 3 is 2.83 bits per heavy atom. The maximum Gasteiger partial charge on any atom is 0.146 e. The molecular formula is C23H26BFN2O3. The molecule has 156 valence electrons. The number of fused-ring (bicyclic) bond motifs is 1. The zero-order chi connectivity index (χ0) is 21.6. The molecule has 0 bridgehead atoms. The third-order valence-corrected chi connectivity index (χ3v) is 6.03. The smallest absolute Gasteiger partial charge is 0.146 e. The molecule has 3 N–H and O–H groups in total. The molecule has 2 aliphatic rings. The molecule has 30 heavy (non-hydrogen) atoms. The largest absolute Gasteiger partial charge is 0.490 e. The lowest BCUT2D eigenvalue weighted by molar-refractivity contribution is -0.108. The van der Waals surface area contributed by atoms with E-state index in [0.29, 0.717) is 24.2 Å². The SMILES string of the molecule is [B]c1cc(C)cc(F)c1N1CC[C@@](O)(COc2ccc(C)c3c2CC(=C)N3)[C@H](O)C1. The average molecular weight is 408 g/mol. The number of anilines is 2. The third-order valence-electron chi connectivity index (χ3n) is 6.03. The molecule has 4 rings (SSSR count). The van der Waals surface area contributed by atoms with Crippen molar-refractivity contribution in [2.45, 2.75) is 38.4 Å². The van der Waals surface area contributed by atoms with Gasteiger partial charge in [-0.2, -0.15) is 0 Å². The zero-order valence-electron chi connectivity index (χ0n) is 17.3. The van der Waals surface area contributed by atoms with E-state index < -0.39 is 17.5 Å². The minimum absolute atomic E-state index is 0.0597. The normalized spacial score (nSPS) is 23.3. The predicted molar refractivity (Wildman–Crippen MR) is 117 cm³/mol. The van der Waals surface area contributed by atoms with Crippen LogP contribution in [0.5, 0.6) is 5.75 Å². The molecule has 2 heterocycles. The summed E-state index contributed by atoms with van der Waals surface area (Å²) in [7, 11) is 6.01. The first-order valence-corrected chi connectivity index (χ1v) is 10.1. The maximum atomic E-state index is 14.5. The summed E-state index contributed by atoms with van der Waals surface area (Å²) in [5.74, 6) is 0.239. The highest BCUT2D eigenvalue weighted by Crippen LogP contribution is 2.38. The first-order chi connectivity index (χ1) is 14.2. The maximum absolute atomic E-state index is 14.5. The van der Waals surface area contributed by atoms with E-state index in [-0.39, 0.29) is 25.3 Å². The molecule has 0 aliphatic carbocycles. The molecule has 2 aliphatic heterocycles. The van der Waals surface area contributed by atoms with Crippen molar-refractivity contribution in [2.75, 3.05) is 29.9 Å². The molecule has 0 saturated carbocycles. The van der Waals surface area contributed by atoms with E-state index in [9.17, 15) is 14.6 Å². The molecule has 1 saturated heterocycles. The second-order valence-electron chi connectivity index (χ2n) is 8.43. The Balaban J connectivity index is 1.48. The molecule has 5 nitrogen and oxygen atoms in total. The van der Waals surface area contributed by atoms with Gasteiger partial charge in [0.2, 0.25) is 0 Å². The molecule has 2 aromatic rings. The second kappa shape index (κ2) is 7.63. The number of hydrogen-bond donors (Lipinski definition) is 3. The van der Waals surface area contributed by atoms with E-state index in [2.05, 4.69) is 11.9 Å². The zero-order valence-corrected chi connectivity index (χ0v) is 17.3. The van der Waals surface area contributed by atoms with E-state index in [1.54, 1.807) is 17.9 Å². The van der Waals surface area contributed by atoms with Crippen molar-refractivity contribution in [3.05, 3.63) is 59.0 Å². The number of allylic oxidation sites excluding steroid dienone is 1. The number of β-amino-alcohol motifs (C(OH)–C–C–N with tert-alkyl or cyclic N) is 1. The van der Waals surface area contributed by atoms with Crippen LogP contribution in [0.3, 0.4) is 0 Å². The monoisotopic (exact) mass is 408 g/mol. The van der Waals surface area contributed by atoms with Gasteiger partial charge in [-0.1, -0.05) is 24.2 Å². The molecule has 2 radical (unpaired) electrons. The van der Waals surface area contributed by atoms with Crippen molar-refractivity contribution in [2.24, 2.45) is 0 Å². The van der Waals surface area contributed by atoms with Crippen molar-refractivity contribution in [3.63, 3.8) is 0 Å². The number of hydrogen-bond acceptors (Lipinski definition) is 5. The van der Waals surface area contributed by atoms with Crippen LogP contribution < -0.4 is 20.4 Å². The van der Waals surface area contributed by atoms with Crippen LogP contribution in [0.4, 0.5) is 15.8 Å². The molecular weight excluding hydrogens is 382 g/mol. The molecule has 7 heteroatoms. The number of rotatable bonds is 4. The summed E-state index contributed by atoms with van der Waals surface area (Å²) in [6, 6.07) is 6.95. The fraction of sp³-hybridized carbons (Fsp3) is 0.391. The van der Waals surface area contributed by atoms with Crippen molar-refractivity contribution in [3.8, 4) is 5.75 Å². The van der Waals surface area contributed by atoms with Crippen molar-refractivity contribution in [1.82, 2.24) is 0 Å². The van der Waals surface area contributed by atoms with Gasteiger partial charge in [0.25, 0.3) is 0 Å². The number of nitrogens with one attached hydrogen (secondary N) is 1. The summed E-state index contributed by atoms with van der Waals surface area (Å²) in [6.45, 7) is 8.12. The lowest BCUT2D eigenvalue weighted by atomic mass is 9.86. The Labute approximate surface area is 177 Å². The Kier molecular flexibility index (Phi) is 5.28. The fourth-order valence-electron chi connectivity index (χ4n) is 4.30. The van der Waals surface area contributed by atoms with Crippen LogP contribution in [0.25, 0.3) is 0 Å². The quantitative estimate of drug-likeness (QED) is 0.677. The van der Waals surface area contributed by atoms with Gasteiger partial charge in [0.05, 0.1) is 5.69 Å². The molecule has 0 unspecified atom stereocenters. The molecule has 2 aromatic carbocycles. The number of aliphatic hydroxyl groups excluding tert-OH is 1. The number of nitrogens with zero attached hydrogens (tertiary/aromatic N) is 1. The van der Waals surface area contributed by atoms with Crippen LogP contribution in [0, 0.1) is 19.7 Å². The highest BCUT2D eigenvalue weighted by Gasteiger charge is 2.42. The van der Waals surface area contributed by atoms with E-state index in [0.717, 1.165) is 28.1 Å². The van der Waals surface area contributed by atoms with E-state index >= 15 is 0 Å². The predicted octanol–water partition coefficient (Wildman–Crippen LogP) is 2.10. The first-order valence-electron chi connectivity index (χ1n) is 10.1. The number of piperidine rings is 1. The highest BCUT2D eigenvalue weighted by atomic mass is 19.1. The van der Waals surface area contributed by atoms with Gasteiger partial charge in [-0.15, -0.1) is 0 Å². The Bertz CT molecular complexity index is 989. The lowest BCUT2D eigenvalue weighted by Crippen LogP contribution is -2.59. The van der Waals surface area contributed by atoms with Crippen molar-refractivity contribution in [1.29, 1.82) is 0 Å².